The van der Waals surface area contributed by atoms with E-state index in [1.165, 1.54) is 31.0 Å². The van der Waals surface area contributed by atoms with Crippen molar-refractivity contribution in [3.05, 3.63) is 30.1 Å². The number of likely N-dealkylation sites (N-methyl/N-ethyl adjacent to an activating group) is 1. The Morgan fingerprint density at radius 3 is 2.56 bits per heavy atom. The third-order valence-corrected chi connectivity index (χ3v) is 3.87. The minimum absolute atomic E-state index is 0.262. The van der Waals surface area contributed by atoms with E-state index in [0.29, 0.717) is 12.3 Å². The molecule has 0 aliphatic carbocycles. The highest BCUT2D eigenvalue weighted by Gasteiger charge is 2.33. The van der Waals surface area contributed by atoms with Gasteiger partial charge in [0.2, 0.25) is 0 Å². The second-order valence-electron chi connectivity index (χ2n) is 4.10. The molecule has 0 aromatic heterocycles. The van der Waals surface area contributed by atoms with Crippen molar-refractivity contribution in [1.82, 2.24) is 5.32 Å². The van der Waals surface area contributed by atoms with Crippen molar-refractivity contribution in [3.63, 3.8) is 0 Å². The highest BCUT2D eigenvalue weighted by Crippen LogP contribution is 2.23. The molecule has 0 aliphatic rings. The fraction of sp³-hybridized carbons (Fsp3) is 0.462. The van der Waals surface area contributed by atoms with Crippen LogP contribution in [0.25, 0.3) is 0 Å². The van der Waals surface area contributed by atoms with Crippen molar-refractivity contribution < 1.29 is 13.9 Å². The standard InChI is InChI=1S/C13H18FNO2S/c1-4-15-13(2,12(16)17-3)9-18-11-7-5-10(14)6-8-11/h5-8,15H,4,9H2,1-3H3. The Morgan fingerprint density at radius 2 is 2.06 bits per heavy atom. The Morgan fingerprint density at radius 1 is 1.44 bits per heavy atom. The molecular formula is C13H18FNO2S. The maximum atomic E-state index is 12.8. The van der Waals surface area contributed by atoms with Crippen LogP contribution in [0.1, 0.15) is 13.8 Å². The Bertz CT molecular complexity index is 396. The molecule has 0 fully saturated rings. The molecule has 1 aromatic carbocycles. The summed E-state index contributed by atoms with van der Waals surface area (Å²) in [6, 6.07) is 6.21. The fourth-order valence-corrected chi connectivity index (χ4v) is 2.56. The van der Waals surface area contributed by atoms with Crippen molar-refractivity contribution in [2.24, 2.45) is 0 Å². The van der Waals surface area contributed by atoms with Gasteiger partial charge in [0, 0.05) is 10.6 Å². The topological polar surface area (TPSA) is 38.3 Å². The first-order valence-corrected chi connectivity index (χ1v) is 6.72. The molecule has 5 heteroatoms. The lowest BCUT2D eigenvalue weighted by molar-refractivity contribution is -0.146. The van der Waals surface area contributed by atoms with Gasteiger partial charge in [-0.15, -0.1) is 11.8 Å². The van der Waals surface area contributed by atoms with Gasteiger partial charge in [0.15, 0.2) is 0 Å². The quantitative estimate of drug-likeness (QED) is 0.637. The third kappa shape index (κ3) is 3.99. The number of ether oxygens (including phenoxy) is 1. The van der Waals surface area contributed by atoms with E-state index in [2.05, 4.69) is 5.32 Å². The number of hydrogen-bond acceptors (Lipinski definition) is 4. The first kappa shape index (κ1) is 15.0. The average molecular weight is 271 g/mol. The van der Waals surface area contributed by atoms with Crippen LogP contribution < -0.4 is 5.32 Å². The summed E-state index contributed by atoms with van der Waals surface area (Å²) < 4.78 is 17.6. The lowest BCUT2D eigenvalue weighted by Gasteiger charge is -2.27. The maximum Gasteiger partial charge on any atom is 0.326 e. The molecule has 0 heterocycles. The van der Waals surface area contributed by atoms with Crippen LogP contribution in [0.4, 0.5) is 4.39 Å². The molecule has 0 bridgehead atoms. The first-order valence-electron chi connectivity index (χ1n) is 5.73. The minimum Gasteiger partial charge on any atom is -0.468 e. The van der Waals surface area contributed by atoms with Gasteiger partial charge < -0.3 is 10.1 Å². The maximum absolute atomic E-state index is 12.8. The van der Waals surface area contributed by atoms with E-state index >= 15 is 0 Å². The SMILES string of the molecule is CCNC(C)(CSc1ccc(F)cc1)C(=O)OC. The molecule has 0 saturated heterocycles. The number of benzene rings is 1. The third-order valence-electron chi connectivity index (χ3n) is 2.54. The molecule has 0 amide bonds. The minimum atomic E-state index is -0.734. The van der Waals surface area contributed by atoms with Crippen LogP contribution in [0.3, 0.4) is 0 Å². The number of esters is 1. The normalized spacial score (nSPS) is 14.0. The van der Waals surface area contributed by atoms with E-state index in [1.54, 1.807) is 19.1 Å². The summed E-state index contributed by atoms with van der Waals surface area (Å²) in [4.78, 5) is 12.7. The predicted molar refractivity (Wildman–Crippen MR) is 71.2 cm³/mol. The van der Waals surface area contributed by atoms with Crippen LogP contribution in [0, 0.1) is 5.82 Å². The molecule has 1 atom stereocenters. The van der Waals surface area contributed by atoms with Crippen molar-refractivity contribution in [2.75, 3.05) is 19.4 Å². The second kappa shape index (κ2) is 6.75. The Balaban J connectivity index is 2.67. The molecule has 3 nitrogen and oxygen atoms in total. The van der Waals surface area contributed by atoms with Gasteiger partial charge in [-0.25, -0.2) is 4.39 Å². The molecule has 0 spiro atoms. The summed E-state index contributed by atoms with van der Waals surface area (Å²) in [5.41, 5.74) is -0.734. The summed E-state index contributed by atoms with van der Waals surface area (Å²) >= 11 is 1.49. The van der Waals surface area contributed by atoms with Crippen LogP contribution in [-0.4, -0.2) is 30.9 Å². The van der Waals surface area contributed by atoms with E-state index < -0.39 is 5.54 Å². The fourth-order valence-electron chi connectivity index (χ4n) is 1.56. The van der Waals surface area contributed by atoms with Gasteiger partial charge in [0.05, 0.1) is 7.11 Å². The van der Waals surface area contributed by atoms with E-state index in [9.17, 15) is 9.18 Å². The first-order chi connectivity index (χ1) is 8.51. The zero-order chi connectivity index (χ0) is 13.6. The number of halogens is 1. The molecular weight excluding hydrogens is 253 g/mol. The van der Waals surface area contributed by atoms with Gasteiger partial charge in [0.1, 0.15) is 11.4 Å². The summed E-state index contributed by atoms with van der Waals surface area (Å²) in [7, 11) is 1.38. The molecule has 0 aliphatic heterocycles. The van der Waals surface area contributed by atoms with E-state index in [-0.39, 0.29) is 11.8 Å². The zero-order valence-electron chi connectivity index (χ0n) is 10.8. The smallest absolute Gasteiger partial charge is 0.326 e. The molecule has 100 valence electrons. The summed E-state index contributed by atoms with van der Waals surface area (Å²) in [5, 5.41) is 3.12. The predicted octanol–water partition coefficient (Wildman–Crippen LogP) is 2.46. The number of carbonyl (C=O) groups is 1. The second-order valence-corrected chi connectivity index (χ2v) is 5.15. The van der Waals surface area contributed by atoms with Crippen molar-refractivity contribution >= 4 is 17.7 Å². The van der Waals surface area contributed by atoms with Crippen LogP contribution in [0.15, 0.2) is 29.2 Å². The van der Waals surface area contributed by atoms with Gasteiger partial charge in [-0.2, -0.15) is 0 Å². The number of thioether (sulfide) groups is 1. The van der Waals surface area contributed by atoms with Gasteiger partial charge in [-0.05, 0) is 37.7 Å². The van der Waals surface area contributed by atoms with Gasteiger partial charge in [-0.3, -0.25) is 4.79 Å². The molecule has 1 N–H and O–H groups in total. The van der Waals surface area contributed by atoms with Crippen LogP contribution in [0.2, 0.25) is 0 Å². The lowest BCUT2D eigenvalue weighted by Crippen LogP contribution is -2.52. The molecule has 18 heavy (non-hydrogen) atoms. The summed E-state index contributed by atoms with van der Waals surface area (Å²) in [5.74, 6) is -0.0280. The van der Waals surface area contributed by atoms with Crippen LogP contribution in [-0.2, 0) is 9.53 Å². The highest BCUT2D eigenvalue weighted by molar-refractivity contribution is 7.99. The Labute approximate surface area is 111 Å². The van der Waals surface area contributed by atoms with E-state index in [0.717, 1.165) is 4.90 Å². The Kier molecular flexibility index (Phi) is 5.62. The average Bonchev–Trinajstić information content (AvgIpc) is 2.37. The van der Waals surface area contributed by atoms with E-state index in [4.69, 9.17) is 4.74 Å². The monoisotopic (exact) mass is 271 g/mol. The summed E-state index contributed by atoms with van der Waals surface area (Å²) in [6.45, 7) is 4.41. The lowest BCUT2D eigenvalue weighted by atomic mass is 10.1. The summed E-state index contributed by atoms with van der Waals surface area (Å²) in [6.07, 6.45) is 0. The number of hydrogen-bond donors (Lipinski definition) is 1. The number of rotatable bonds is 6. The van der Waals surface area contributed by atoms with Crippen molar-refractivity contribution in [1.29, 1.82) is 0 Å². The molecule has 1 unspecified atom stereocenters. The molecule has 0 saturated carbocycles. The van der Waals surface area contributed by atoms with Gasteiger partial charge in [-0.1, -0.05) is 6.92 Å². The number of nitrogens with one attached hydrogen (secondary N) is 1. The molecule has 1 rings (SSSR count). The van der Waals surface area contributed by atoms with Gasteiger partial charge >= 0.3 is 5.97 Å². The van der Waals surface area contributed by atoms with Crippen molar-refractivity contribution in [3.8, 4) is 0 Å². The molecule has 1 aromatic rings. The van der Waals surface area contributed by atoms with Crippen LogP contribution in [0.5, 0.6) is 0 Å². The van der Waals surface area contributed by atoms with E-state index in [1.807, 2.05) is 6.92 Å². The number of methoxy groups -OCH3 is 1. The number of carbonyl (C=O) groups excluding carboxylic acids is 1. The van der Waals surface area contributed by atoms with Crippen molar-refractivity contribution in [2.45, 2.75) is 24.3 Å². The zero-order valence-corrected chi connectivity index (χ0v) is 11.6. The molecule has 0 radical (unpaired) electrons. The largest absolute Gasteiger partial charge is 0.468 e. The Hall–Kier alpha value is -1.07. The highest BCUT2D eigenvalue weighted by atomic mass is 32.2. The van der Waals surface area contributed by atoms with Crippen LogP contribution >= 0.6 is 11.8 Å². The van der Waals surface area contributed by atoms with Gasteiger partial charge in [0.25, 0.3) is 0 Å².